The van der Waals surface area contributed by atoms with Crippen molar-refractivity contribution >= 4 is 23.4 Å². The van der Waals surface area contributed by atoms with Crippen molar-refractivity contribution in [3.8, 4) is 0 Å². The number of hydrogen-bond donors (Lipinski definition) is 1. The van der Waals surface area contributed by atoms with Gasteiger partial charge in [-0.3, -0.25) is 19.3 Å². The molecule has 30 heavy (non-hydrogen) atoms. The molecule has 0 aliphatic carbocycles. The summed E-state index contributed by atoms with van der Waals surface area (Å²) in [5.74, 6) is -0.324. The van der Waals surface area contributed by atoms with Crippen molar-refractivity contribution in [2.75, 3.05) is 18.0 Å². The van der Waals surface area contributed by atoms with E-state index in [1.165, 1.54) is 6.42 Å². The SMILES string of the molecule is CCCCCCNC(=O)CCN1C(=O)c2ccccc2N2C(=O)c3ccccc3[C@H]12. The second kappa shape index (κ2) is 8.69. The second-order valence-electron chi connectivity index (χ2n) is 7.81. The second-order valence-corrected chi connectivity index (χ2v) is 7.81. The molecule has 0 spiro atoms. The van der Waals surface area contributed by atoms with E-state index in [1.54, 1.807) is 28.0 Å². The summed E-state index contributed by atoms with van der Waals surface area (Å²) in [6.45, 7) is 3.07. The first-order valence-corrected chi connectivity index (χ1v) is 10.7. The van der Waals surface area contributed by atoms with Crippen LogP contribution in [0.15, 0.2) is 48.5 Å². The van der Waals surface area contributed by atoms with Crippen molar-refractivity contribution in [3.05, 3.63) is 65.2 Å². The van der Waals surface area contributed by atoms with E-state index >= 15 is 0 Å². The summed E-state index contributed by atoms with van der Waals surface area (Å²) in [5.41, 5.74) is 2.54. The van der Waals surface area contributed by atoms with Crippen LogP contribution in [-0.4, -0.2) is 35.7 Å². The molecule has 0 fully saturated rings. The van der Waals surface area contributed by atoms with Gasteiger partial charge in [-0.05, 0) is 24.6 Å². The lowest BCUT2D eigenvalue weighted by Gasteiger charge is -2.40. The van der Waals surface area contributed by atoms with Gasteiger partial charge in [0.2, 0.25) is 5.91 Å². The van der Waals surface area contributed by atoms with Gasteiger partial charge in [0.1, 0.15) is 6.17 Å². The summed E-state index contributed by atoms with van der Waals surface area (Å²) in [4.78, 5) is 42.1. The number of benzene rings is 2. The van der Waals surface area contributed by atoms with Crippen LogP contribution in [0, 0.1) is 0 Å². The van der Waals surface area contributed by atoms with E-state index in [-0.39, 0.29) is 30.7 Å². The van der Waals surface area contributed by atoms with E-state index in [0.717, 1.165) is 24.8 Å². The maximum absolute atomic E-state index is 13.3. The largest absolute Gasteiger partial charge is 0.356 e. The van der Waals surface area contributed by atoms with Gasteiger partial charge in [0.05, 0.1) is 11.3 Å². The summed E-state index contributed by atoms with van der Waals surface area (Å²) in [6.07, 6.45) is 4.10. The summed E-state index contributed by atoms with van der Waals surface area (Å²) < 4.78 is 0. The normalized spacial score (nSPS) is 16.9. The minimum atomic E-state index is -0.506. The number of para-hydroxylation sites is 1. The Morgan fingerprint density at radius 1 is 0.933 bits per heavy atom. The monoisotopic (exact) mass is 405 g/mol. The zero-order chi connectivity index (χ0) is 21.1. The molecule has 2 heterocycles. The highest BCUT2D eigenvalue weighted by Gasteiger charge is 2.47. The third kappa shape index (κ3) is 3.58. The lowest BCUT2D eigenvalue weighted by atomic mass is 10.0. The Kier molecular flexibility index (Phi) is 5.84. The fraction of sp³-hybridized carbons (Fsp3) is 0.375. The molecule has 6 heteroatoms. The molecule has 6 nitrogen and oxygen atoms in total. The number of fused-ring (bicyclic) bond motifs is 5. The molecule has 2 aliphatic heterocycles. The van der Waals surface area contributed by atoms with E-state index in [0.29, 0.717) is 23.4 Å². The van der Waals surface area contributed by atoms with Crippen LogP contribution < -0.4 is 10.2 Å². The van der Waals surface area contributed by atoms with E-state index in [4.69, 9.17) is 0 Å². The van der Waals surface area contributed by atoms with Crippen LogP contribution in [0.4, 0.5) is 5.69 Å². The molecule has 0 aromatic heterocycles. The third-order valence-corrected chi connectivity index (χ3v) is 5.82. The number of nitrogens with one attached hydrogen (secondary N) is 1. The lowest BCUT2D eigenvalue weighted by molar-refractivity contribution is -0.121. The van der Waals surface area contributed by atoms with Crippen LogP contribution in [0.1, 0.15) is 71.5 Å². The number of amides is 3. The summed E-state index contributed by atoms with van der Waals surface area (Å²) >= 11 is 0. The van der Waals surface area contributed by atoms with Crippen molar-refractivity contribution in [1.82, 2.24) is 10.2 Å². The van der Waals surface area contributed by atoms with Crippen LogP contribution in [0.25, 0.3) is 0 Å². The average molecular weight is 405 g/mol. The number of nitrogens with zero attached hydrogens (tertiary/aromatic N) is 2. The van der Waals surface area contributed by atoms with Crippen molar-refractivity contribution in [2.24, 2.45) is 0 Å². The first kappa shape index (κ1) is 20.1. The summed E-state index contributed by atoms with van der Waals surface area (Å²) in [5, 5.41) is 2.95. The standard InChI is InChI=1S/C24H27N3O3/c1-2-3-4-9-15-25-21(28)14-16-26-22-17-10-5-6-11-18(17)24(30)27(22)20-13-8-7-12-19(20)23(26)29/h5-8,10-13,22H,2-4,9,14-16H2,1H3,(H,25,28)/t22-/m1/s1. The fourth-order valence-electron chi connectivity index (χ4n) is 4.29. The topological polar surface area (TPSA) is 69.7 Å². The van der Waals surface area contributed by atoms with E-state index in [1.807, 2.05) is 30.3 Å². The fourth-order valence-corrected chi connectivity index (χ4v) is 4.29. The van der Waals surface area contributed by atoms with E-state index in [9.17, 15) is 14.4 Å². The quantitative estimate of drug-likeness (QED) is 0.678. The summed E-state index contributed by atoms with van der Waals surface area (Å²) in [6, 6.07) is 14.6. The van der Waals surface area contributed by atoms with Crippen molar-refractivity contribution in [3.63, 3.8) is 0 Å². The van der Waals surface area contributed by atoms with Gasteiger partial charge in [0, 0.05) is 30.6 Å². The first-order chi connectivity index (χ1) is 14.6. The number of unbranched alkanes of at least 4 members (excludes halogenated alkanes) is 3. The summed E-state index contributed by atoms with van der Waals surface area (Å²) in [7, 11) is 0. The molecule has 0 radical (unpaired) electrons. The molecule has 2 aromatic rings. The Balaban J connectivity index is 1.53. The number of anilines is 1. The van der Waals surface area contributed by atoms with Gasteiger partial charge < -0.3 is 10.2 Å². The third-order valence-electron chi connectivity index (χ3n) is 5.82. The van der Waals surface area contributed by atoms with Gasteiger partial charge in [-0.2, -0.15) is 0 Å². The maximum atomic E-state index is 13.3. The molecule has 0 saturated carbocycles. The Hall–Kier alpha value is -3.15. The van der Waals surface area contributed by atoms with Crippen LogP contribution in [0.3, 0.4) is 0 Å². The molecule has 2 aromatic carbocycles. The Morgan fingerprint density at radius 3 is 2.47 bits per heavy atom. The van der Waals surface area contributed by atoms with E-state index in [2.05, 4.69) is 12.2 Å². The molecule has 4 rings (SSSR count). The minimum Gasteiger partial charge on any atom is -0.356 e. The van der Waals surface area contributed by atoms with Gasteiger partial charge in [-0.1, -0.05) is 56.5 Å². The molecule has 0 saturated heterocycles. The highest BCUT2D eigenvalue weighted by molar-refractivity contribution is 6.16. The number of hydrogen-bond acceptors (Lipinski definition) is 3. The van der Waals surface area contributed by atoms with Crippen LogP contribution in [0.2, 0.25) is 0 Å². The van der Waals surface area contributed by atoms with Gasteiger partial charge in [0.25, 0.3) is 11.8 Å². The predicted molar refractivity (Wildman–Crippen MR) is 115 cm³/mol. The van der Waals surface area contributed by atoms with Crippen molar-refractivity contribution < 1.29 is 14.4 Å². The molecule has 0 unspecified atom stereocenters. The van der Waals surface area contributed by atoms with Gasteiger partial charge in [0.15, 0.2) is 0 Å². The van der Waals surface area contributed by atoms with Crippen molar-refractivity contribution in [1.29, 1.82) is 0 Å². The zero-order valence-corrected chi connectivity index (χ0v) is 17.3. The minimum absolute atomic E-state index is 0.0673. The molecule has 156 valence electrons. The van der Waals surface area contributed by atoms with Crippen molar-refractivity contribution in [2.45, 2.75) is 45.2 Å². The van der Waals surface area contributed by atoms with Crippen LogP contribution in [-0.2, 0) is 4.79 Å². The smallest absolute Gasteiger partial charge is 0.260 e. The van der Waals surface area contributed by atoms with Crippen LogP contribution >= 0.6 is 0 Å². The van der Waals surface area contributed by atoms with Gasteiger partial charge >= 0.3 is 0 Å². The molecule has 1 atom stereocenters. The molecule has 0 bridgehead atoms. The Morgan fingerprint density at radius 2 is 1.67 bits per heavy atom. The lowest BCUT2D eigenvalue weighted by Crippen LogP contribution is -2.49. The zero-order valence-electron chi connectivity index (χ0n) is 17.3. The van der Waals surface area contributed by atoms with E-state index < -0.39 is 6.17 Å². The van der Waals surface area contributed by atoms with Gasteiger partial charge in [-0.25, -0.2) is 0 Å². The molecular weight excluding hydrogens is 378 g/mol. The van der Waals surface area contributed by atoms with Gasteiger partial charge in [-0.15, -0.1) is 0 Å². The Labute approximate surface area is 176 Å². The molecule has 2 aliphatic rings. The first-order valence-electron chi connectivity index (χ1n) is 10.7. The maximum Gasteiger partial charge on any atom is 0.260 e. The number of rotatable bonds is 8. The average Bonchev–Trinajstić information content (AvgIpc) is 3.06. The number of carbonyl (C=O) groups excluding carboxylic acids is 3. The molecule has 3 amide bonds. The number of carbonyl (C=O) groups is 3. The Bertz CT molecular complexity index is 972. The highest BCUT2D eigenvalue weighted by Crippen LogP contribution is 2.45. The highest BCUT2D eigenvalue weighted by atomic mass is 16.2. The predicted octanol–water partition coefficient (Wildman–Crippen LogP) is 3.89. The molecular formula is C24H27N3O3. The molecule has 1 N–H and O–H groups in total. The van der Waals surface area contributed by atoms with Crippen LogP contribution in [0.5, 0.6) is 0 Å².